The van der Waals surface area contributed by atoms with E-state index in [1.165, 1.54) is 18.2 Å². The fourth-order valence-electron chi connectivity index (χ4n) is 7.38. The van der Waals surface area contributed by atoms with Crippen LogP contribution >= 0.6 is 11.6 Å². The molecule has 4 aliphatic heterocycles. The van der Waals surface area contributed by atoms with Crippen molar-refractivity contribution < 1.29 is 18.8 Å². The lowest BCUT2D eigenvalue weighted by atomic mass is 9.57. The third-order valence-corrected chi connectivity index (χ3v) is 8.81. The number of benzene rings is 3. The van der Waals surface area contributed by atoms with Crippen molar-refractivity contribution >= 4 is 40.6 Å². The van der Waals surface area contributed by atoms with Gasteiger partial charge in [-0.15, -0.1) is 0 Å². The van der Waals surface area contributed by atoms with Crippen LogP contribution in [0.15, 0.2) is 66.7 Å². The zero-order valence-electron chi connectivity index (χ0n) is 19.1. The first-order chi connectivity index (χ1) is 17.4. The predicted molar refractivity (Wildman–Crippen MR) is 132 cm³/mol. The number of ketones is 1. The number of nitrogens with one attached hydrogen (secondary N) is 2. The molecule has 2 amide bonds. The molecule has 2 fully saturated rings. The van der Waals surface area contributed by atoms with E-state index in [1.807, 2.05) is 4.90 Å². The first-order valence-corrected chi connectivity index (χ1v) is 12.4. The van der Waals surface area contributed by atoms with Gasteiger partial charge in [-0.05, 0) is 61.3 Å². The maximum absolute atomic E-state index is 14.8. The van der Waals surface area contributed by atoms with E-state index in [0.717, 1.165) is 6.42 Å². The molecule has 0 aromatic heterocycles. The van der Waals surface area contributed by atoms with Gasteiger partial charge in [0, 0.05) is 28.5 Å². The molecule has 0 bridgehead atoms. The minimum Gasteiger partial charge on any atom is -0.325 e. The lowest BCUT2D eigenvalue weighted by molar-refractivity contribution is -0.137. The minimum absolute atomic E-state index is 0.289. The molecule has 2 N–H and O–H groups in total. The van der Waals surface area contributed by atoms with E-state index in [0.29, 0.717) is 41.0 Å². The Labute approximate surface area is 211 Å². The van der Waals surface area contributed by atoms with Crippen LogP contribution in [0.5, 0.6) is 0 Å². The Kier molecular flexibility index (Phi) is 4.37. The summed E-state index contributed by atoms with van der Waals surface area (Å²) in [5, 5.41) is 6.17. The largest absolute Gasteiger partial charge is 0.325 e. The summed E-state index contributed by atoms with van der Waals surface area (Å²) in [6.45, 7) is 0.498. The lowest BCUT2D eigenvalue weighted by Gasteiger charge is -2.43. The van der Waals surface area contributed by atoms with Gasteiger partial charge < -0.3 is 10.6 Å². The third-order valence-electron chi connectivity index (χ3n) is 8.48. The van der Waals surface area contributed by atoms with Crippen molar-refractivity contribution in [3.63, 3.8) is 0 Å². The number of nitrogens with zero attached hydrogens (tertiary/aromatic N) is 1. The quantitative estimate of drug-likeness (QED) is 0.507. The number of halogens is 2. The zero-order chi connectivity index (χ0) is 24.8. The van der Waals surface area contributed by atoms with Crippen molar-refractivity contribution in [1.82, 2.24) is 4.90 Å². The van der Waals surface area contributed by atoms with Crippen LogP contribution in [0, 0.1) is 11.7 Å². The standard InChI is InChI=1S/C28H21ClFN3O3/c29-19-8-3-1-6-16(19)24(34)23-22-10-5-13-33(22)28(18-14-15(30)11-12-21(18)32-26(28)36)27(23)17-7-2-4-9-20(17)31-25(27)35/h1-4,6-9,11-12,14,22-23H,5,10,13H2,(H,31,35)(H,32,36). The normalized spacial score (nSPS) is 29.8. The molecule has 2 spiro atoms. The Bertz CT molecular complexity index is 1510. The number of carbonyl (C=O) groups excluding carboxylic acids is 3. The molecular formula is C28H21ClFN3O3. The average Bonchev–Trinajstić information content (AvgIpc) is 3.58. The predicted octanol–water partition coefficient (Wildman–Crippen LogP) is 4.49. The number of amides is 2. The van der Waals surface area contributed by atoms with Crippen LogP contribution in [0.2, 0.25) is 5.02 Å². The molecule has 180 valence electrons. The van der Waals surface area contributed by atoms with E-state index in [2.05, 4.69) is 10.6 Å². The lowest BCUT2D eigenvalue weighted by Crippen LogP contribution is -2.62. The molecule has 6 nitrogen and oxygen atoms in total. The number of fused-ring (bicyclic) bond motifs is 7. The second kappa shape index (κ2) is 7.24. The molecule has 7 rings (SSSR count). The van der Waals surface area contributed by atoms with Gasteiger partial charge in [0.1, 0.15) is 16.8 Å². The SMILES string of the molecule is O=C(c1ccccc1Cl)C1C2CCCN2C2(C(=O)Nc3ccc(F)cc32)C12C(=O)Nc1ccccc12. The molecule has 4 atom stereocenters. The van der Waals surface area contributed by atoms with E-state index in [1.54, 1.807) is 48.5 Å². The van der Waals surface area contributed by atoms with Crippen LogP contribution in [0.4, 0.5) is 15.8 Å². The number of hydrogen-bond acceptors (Lipinski definition) is 4. The van der Waals surface area contributed by atoms with Crippen LogP contribution < -0.4 is 10.6 Å². The van der Waals surface area contributed by atoms with E-state index in [4.69, 9.17) is 11.6 Å². The summed E-state index contributed by atoms with van der Waals surface area (Å²) in [5.74, 6) is -2.57. The van der Waals surface area contributed by atoms with Gasteiger partial charge in [-0.25, -0.2) is 4.39 Å². The van der Waals surface area contributed by atoms with Crippen molar-refractivity contribution in [2.45, 2.75) is 29.8 Å². The van der Waals surface area contributed by atoms with E-state index in [-0.39, 0.29) is 10.8 Å². The van der Waals surface area contributed by atoms with E-state index >= 15 is 0 Å². The number of rotatable bonds is 2. The number of anilines is 2. The smallest absolute Gasteiger partial charge is 0.251 e. The molecular weight excluding hydrogens is 481 g/mol. The van der Waals surface area contributed by atoms with Gasteiger partial charge in [-0.1, -0.05) is 41.9 Å². The van der Waals surface area contributed by atoms with Gasteiger partial charge >= 0.3 is 0 Å². The highest BCUT2D eigenvalue weighted by Crippen LogP contribution is 2.67. The molecule has 0 radical (unpaired) electrons. The molecule has 4 unspecified atom stereocenters. The van der Waals surface area contributed by atoms with Crippen LogP contribution in [-0.2, 0) is 20.5 Å². The van der Waals surface area contributed by atoms with Crippen LogP contribution in [0.1, 0.15) is 34.3 Å². The summed E-state index contributed by atoms with van der Waals surface area (Å²) in [5.41, 5.74) is -0.935. The van der Waals surface area contributed by atoms with E-state index < -0.39 is 40.5 Å². The van der Waals surface area contributed by atoms with Crippen molar-refractivity contribution in [3.8, 4) is 0 Å². The Balaban J connectivity index is 1.61. The molecule has 4 heterocycles. The topological polar surface area (TPSA) is 78.5 Å². The maximum atomic E-state index is 14.8. The number of para-hydroxylation sites is 1. The highest BCUT2D eigenvalue weighted by molar-refractivity contribution is 6.34. The van der Waals surface area contributed by atoms with Gasteiger partial charge in [-0.3, -0.25) is 19.3 Å². The van der Waals surface area contributed by atoms with Gasteiger partial charge in [0.15, 0.2) is 5.78 Å². The maximum Gasteiger partial charge on any atom is 0.251 e. The molecule has 8 heteroatoms. The molecule has 0 saturated carbocycles. The van der Waals surface area contributed by atoms with Crippen molar-refractivity contribution in [1.29, 1.82) is 0 Å². The van der Waals surface area contributed by atoms with Crippen LogP contribution in [0.25, 0.3) is 0 Å². The number of Topliss-reactive ketones (excluding diaryl/α,β-unsaturated/α-hetero) is 1. The molecule has 3 aromatic rings. The molecule has 0 aliphatic carbocycles. The summed E-state index contributed by atoms with van der Waals surface area (Å²) in [7, 11) is 0. The molecule has 2 saturated heterocycles. The van der Waals surface area contributed by atoms with Crippen molar-refractivity contribution in [2.75, 3.05) is 17.2 Å². The second-order valence-electron chi connectivity index (χ2n) is 9.89. The summed E-state index contributed by atoms with van der Waals surface area (Å²) in [6, 6.07) is 17.7. The molecule has 3 aromatic carbocycles. The summed E-state index contributed by atoms with van der Waals surface area (Å²) in [4.78, 5) is 45.0. The average molecular weight is 502 g/mol. The third kappa shape index (κ3) is 2.33. The van der Waals surface area contributed by atoms with Gasteiger partial charge in [0.2, 0.25) is 5.91 Å². The first kappa shape index (κ1) is 21.7. The second-order valence-corrected chi connectivity index (χ2v) is 10.3. The molecule has 4 aliphatic rings. The summed E-state index contributed by atoms with van der Waals surface area (Å²) >= 11 is 6.49. The Morgan fingerprint density at radius 2 is 1.67 bits per heavy atom. The van der Waals surface area contributed by atoms with Gasteiger partial charge in [0.05, 0.1) is 10.9 Å². The highest BCUT2D eigenvalue weighted by atomic mass is 35.5. The summed E-state index contributed by atoms with van der Waals surface area (Å²) < 4.78 is 14.8. The van der Waals surface area contributed by atoms with Crippen molar-refractivity contribution in [3.05, 3.63) is 94.3 Å². The Hall–Kier alpha value is -3.55. The highest BCUT2D eigenvalue weighted by Gasteiger charge is 2.81. The van der Waals surface area contributed by atoms with Crippen molar-refractivity contribution in [2.24, 2.45) is 5.92 Å². The monoisotopic (exact) mass is 501 g/mol. The van der Waals surface area contributed by atoms with Gasteiger partial charge in [0.25, 0.3) is 5.91 Å². The fourth-order valence-corrected chi connectivity index (χ4v) is 7.61. The minimum atomic E-state index is -1.62. The van der Waals surface area contributed by atoms with Crippen LogP contribution in [-0.4, -0.2) is 35.1 Å². The van der Waals surface area contributed by atoms with E-state index in [9.17, 15) is 18.8 Å². The van der Waals surface area contributed by atoms with Crippen LogP contribution in [0.3, 0.4) is 0 Å². The Morgan fingerprint density at radius 3 is 2.50 bits per heavy atom. The molecule has 36 heavy (non-hydrogen) atoms. The zero-order valence-corrected chi connectivity index (χ0v) is 19.8. The fraction of sp³-hybridized carbons (Fsp3) is 0.250. The first-order valence-electron chi connectivity index (χ1n) is 12.0. The summed E-state index contributed by atoms with van der Waals surface area (Å²) in [6.07, 6.45) is 1.37. The number of hydrogen-bond donors (Lipinski definition) is 2. The number of carbonyl (C=O) groups is 3. The Morgan fingerprint density at radius 1 is 0.944 bits per heavy atom. The van der Waals surface area contributed by atoms with Gasteiger partial charge in [-0.2, -0.15) is 0 Å².